The Bertz CT molecular complexity index is 718. The molecule has 0 aliphatic heterocycles. The van der Waals surface area contributed by atoms with Gasteiger partial charge in [0, 0.05) is 12.6 Å². The zero-order chi connectivity index (χ0) is 21.8. The molecular weight excluding hydrogens is 503 g/mol. The number of carbonyl (C=O) groups excluding carboxylic acids is 2. The predicted molar refractivity (Wildman–Crippen MR) is 105 cm³/mol. The molecule has 0 radical (unpaired) electrons. The standard InChI is InChI=1S/C16H23IN4O8/c1-11(2)8-13(15(23)24)19-16(25)28-10-20-6-3-4-12(9-20)14(22)18-5-7-29-21(27)17-26/h3-4,6,9,11,13H,5,7-8,10H2,1-2H3,(H,18,22)(H,19,25)(H,23,24)/t13-/m0/s1. The van der Waals surface area contributed by atoms with Crippen molar-refractivity contribution in [2.75, 3.05) is 13.2 Å². The lowest BCUT2D eigenvalue weighted by Crippen LogP contribution is -2.44. The summed E-state index contributed by atoms with van der Waals surface area (Å²) < 4.78 is 16.7. The maximum Gasteiger partial charge on any atom is 0.412 e. The van der Waals surface area contributed by atoms with Crippen molar-refractivity contribution < 1.29 is 36.7 Å². The van der Waals surface area contributed by atoms with Gasteiger partial charge in [-0.25, -0.2) is 9.59 Å². The van der Waals surface area contributed by atoms with Gasteiger partial charge in [0.15, 0.2) is 12.4 Å². The van der Waals surface area contributed by atoms with Crippen LogP contribution in [-0.2, 0) is 24.2 Å². The molecule has 1 heterocycles. The highest BCUT2D eigenvalue weighted by Gasteiger charge is 2.22. The predicted octanol–water partition coefficient (Wildman–Crippen LogP) is 0.850. The van der Waals surface area contributed by atoms with Crippen molar-refractivity contribution in [3.8, 4) is 0 Å². The summed E-state index contributed by atoms with van der Waals surface area (Å²) in [5.74, 6) is -1.53. The van der Waals surface area contributed by atoms with Crippen LogP contribution in [0.15, 0.2) is 24.5 Å². The summed E-state index contributed by atoms with van der Waals surface area (Å²) in [4.78, 5) is 39.6. The Labute approximate surface area is 177 Å². The average Bonchev–Trinajstić information content (AvgIpc) is 2.68. The summed E-state index contributed by atoms with van der Waals surface area (Å²) in [6, 6.07) is 2.03. The van der Waals surface area contributed by atoms with Gasteiger partial charge in [0.25, 0.3) is 34.1 Å². The first-order chi connectivity index (χ1) is 13.7. The molecule has 1 aromatic heterocycles. The largest absolute Gasteiger partial charge is 0.751 e. The summed E-state index contributed by atoms with van der Waals surface area (Å²) in [5.41, 5.74) is 0.259. The molecule has 1 aromatic rings. The maximum atomic E-state index is 12.1. The monoisotopic (exact) mass is 526 g/mol. The molecule has 13 heteroatoms. The Balaban J connectivity index is 2.51. The quantitative estimate of drug-likeness (QED) is 0.118. The number of hydrogen-bond acceptors (Lipinski definition) is 7. The number of alkyl carbamates (subject to hydrolysis) is 1. The first-order valence-electron chi connectivity index (χ1n) is 8.53. The number of nitrogens with one attached hydrogen (secondary N) is 2. The van der Waals surface area contributed by atoms with Gasteiger partial charge < -0.3 is 25.7 Å². The summed E-state index contributed by atoms with van der Waals surface area (Å²) >= 11 is -1.95. The molecule has 0 spiro atoms. The van der Waals surface area contributed by atoms with Gasteiger partial charge in [0.2, 0.25) is 0 Å². The Morgan fingerprint density at radius 1 is 1.38 bits per heavy atom. The number of hydrogen-bond donors (Lipinski definition) is 3. The molecule has 0 unspecified atom stereocenters. The van der Waals surface area contributed by atoms with Gasteiger partial charge in [-0.2, -0.15) is 8.01 Å². The third-order valence-electron chi connectivity index (χ3n) is 3.40. The topological polar surface area (TPSA) is 161 Å². The van der Waals surface area contributed by atoms with E-state index in [-0.39, 0.29) is 41.2 Å². The van der Waals surface area contributed by atoms with E-state index in [9.17, 15) is 22.7 Å². The van der Waals surface area contributed by atoms with Crippen molar-refractivity contribution in [2.45, 2.75) is 33.0 Å². The Morgan fingerprint density at radius 3 is 2.72 bits per heavy atom. The van der Waals surface area contributed by atoms with Crippen LogP contribution in [0.3, 0.4) is 0 Å². The molecule has 0 aliphatic carbocycles. The van der Waals surface area contributed by atoms with Crippen LogP contribution in [-0.4, -0.2) is 45.7 Å². The lowest BCUT2D eigenvalue weighted by atomic mass is 10.0. The fourth-order valence-electron chi connectivity index (χ4n) is 2.15. The number of aromatic nitrogens is 1. The van der Waals surface area contributed by atoms with Gasteiger partial charge in [0.1, 0.15) is 11.6 Å². The van der Waals surface area contributed by atoms with Crippen LogP contribution in [0.2, 0.25) is 0 Å². The third kappa shape index (κ3) is 10.2. The summed E-state index contributed by atoms with van der Waals surface area (Å²) in [6.07, 6.45) is 2.36. The Morgan fingerprint density at radius 2 is 2.10 bits per heavy atom. The third-order valence-corrected chi connectivity index (χ3v) is 4.00. The fraction of sp³-hybridized carbons (Fsp3) is 0.500. The molecule has 1 rings (SSSR count). The van der Waals surface area contributed by atoms with E-state index >= 15 is 0 Å². The number of aliphatic carboxylic acids is 1. The van der Waals surface area contributed by atoms with Gasteiger partial charge in [-0.05, 0) is 18.4 Å². The number of rotatable bonds is 12. The van der Waals surface area contributed by atoms with E-state index < -0.39 is 45.5 Å². The molecule has 162 valence electrons. The van der Waals surface area contributed by atoms with E-state index in [0.29, 0.717) is 0 Å². The minimum absolute atomic E-state index is 0.0278. The minimum atomic E-state index is -1.95. The number of carbonyl (C=O) groups is 3. The molecule has 3 N–H and O–H groups in total. The second-order valence-electron chi connectivity index (χ2n) is 6.20. The van der Waals surface area contributed by atoms with E-state index in [1.54, 1.807) is 12.3 Å². The second kappa shape index (κ2) is 13.1. The average molecular weight is 526 g/mol. The SMILES string of the molecule is CC(C)C[C@H](NC(=O)OC[n+]1cccc(C(=O)NCCON([O-])I=O)c1)C(=O)O. The van der Waals surface area contributed by atoms with Crippen molar-refractivity contribution in [3.05, 3.63) is 35.3 Å². The van der Waals surface area contributed by atoms with Crippen molar-refractivity contribution in [1.82, 2.24) is 14.1 Å². The second-order valence-corrected chi connectivity index (χ2v) is 7.38. The van der Waals surface area contributed by atoms with Crippen LogP contribution in [0, 0.1) is 11.1 Å². The Hall–Kier alpha value is -2.23. The van der Waals surface area contributed by atoms with Crippen LogP contribution in [0.25, 0.3) is 0 Å². The molecule has 12 nitrogen and oxygen atoms in total. The molecule has 0 saturated heterocycles. The number of halogens is 1. The fourth-order valence-corrected chi connectivity index (χ4v) is 2.46. The van der Waals surface area contributed by atoms with Gasteiger partial charge >= 0.3 is 12.1 Å². The maximum absolute atomic E-state index is 12.1. The van der Waals surface area contributed by atoms with Crippen LogP contribution in [0.4, 0.5) is 4.79 Å². The Kier molecular flexibility index (Phi) is 11.2. The van der Waals surface area contributed by atoms with E-state index in [0.717, 1.165) is 0 Å². The number of pyridine rings is 1. The van der Waals surface area contributed by atoms with Crippen LogP contribution < -0.4 is 15.2 Å². The van der Waals surface area contributed by atoms with Gasteiger partial charge in [-0.15, -0.1) is 0 Å². The number of nitrogens with zero attached hydrogens (tertiary/aromatic N) is 2. The number of ether oxygens (including phenoxy) is 1. The highest BCUT2D eigenvalue weighted by molar-refractivity contribution is 14.1. The number of carboxylic acid groups (broad SMARTS) is 1. The summed E-state index contributed by atoms with van der Waals surface area (Å²) in [6.45, 7) is 3.34. The minimum Gasteiger partial charge on any atom is -0.751 e. The van der Waals surface area contributed by atoms with Crippen molar-refractivity contribution in [2.24, 2.45) is 5.92 Å². The zero-order valence-corrected chi connectivity index (χ0v) is 18.0. The molecular formula is C16H23IN4O8. The number of amides is 2. The highest BCUT2D eigenvalue weighted by Crippen LogP contribution is 2.05. The first-order valence-corrected chi connectivity index (χ1v) is 10.4. The molecule has 0 bridgehead atoms. The van der Waals surface area contributed by atoms with Gasteiger partial charge in [0.05, 0.1) is 6.61 Å². The van der Waals surface area contributed by atoms with Crippen molar-refractivity contribution >= 4 is 39.4 Å². The van der Waals surface area contributed by atoms with Crippen molar-refractivity contribution in [3.63, 3.8) is 0 Å². The lowest BCUT2D eigenvalue weighted by Gasteiger charge is -2.17. The molecule has 0 saturated carbocycles. The smallest absolute Gasteiger partial charge is 0.412 e. The first kappa shape index (κ1) is 24.8. The number of carboxylic acids is 1. The molecule has 29 heavy (non-hydrogen) atoms. The van der Waals surface area contributed by atoms with Crippen LogP contribution >= 0.6 is 21.5 Å². The van der Waals surface area contributed by atoms with E-state index in [4.69, 9.17) is 9.84 Å². The molecule has 0 aliphatic rings. The van der Waals surface area contributed by atoms with Gasteiger partial charge in [-0.1, -0.05) is 13.8 Å². The van der Waals surface area contributed by atoms with E-state index in [2.05, 4.69) is 15.5 Å². The molecule has 0 fully saturated rings. The van der Waals surface area contributed by atoms with E-state index in [1.807, 2.05) is 13.8 Å². The summed E-state index contributed by atoms with van der Waals surface area (Å²) in [5, 5.41) is 24.6. The van der Waals surface area contributed by atoms with E-state index in [1.165, 1.54) is 16.8 Å². The molecule has 0 aromatic carbocycles. The lowest BCUT2D eigenvalue weighted by molar-refractivity contribution is -0.727. The zero-order valence-electron chi connectivity index (χ0n) is 15.9. The van der Waals surface area contributed by atoms with Crippen molar-refractivity contribution in [1.29, 1.82) is 0 Å². The highest BCUT2D eigenvalue weighted by atomic mass is 127. The van der Waals surface area contributed by atoms with Crippen LogP contribution in [0.1, 0.15) is 30.6 Å². The molecule has 2 amide bonds. The van der Waals surface area contributed by atoms with Gasteiger partial charge in [-0.3, -0.25) is 12.7 Å². The molecule has 1 atom stereocenters. The summed E-state index contributed by atoms with van der Waals surface area (Å²) in [7, 11) is 0. The van der Waals surface area contributed by atoms with Crippen LogP contribution in [0.5, 0.6) is 0 Å². The normalized spacial score (nSPS) is 11.9.